The van der Waals surface area contributed by atoms with Crippen molar-refractivity contribution in [1.82, 2.24) is 0 Å². The number of carbonyl (C=O) groups excluding carboxylic acids is 1. The van der Waals surface area contributed by atoms with Gasteiger partial charge in [-0.2, -0.15) is 0 Å². The van der Waals surface area contributed by atoms with Crippen molar-refractivity contribution in [1.29, 1.82) is 0 Å². The van der Waals surface area contributed by atoms with Gasteiger partial charge in [0.15, 0.2) is 0 Å². The minimum atomic E-state index is -0.305. The van der Waals surface area contributed by atoms with Crippen molar-refractivity contribution in [2.24, 2.45) is 0 Å². The first kappa shape index (κ1) is 16.3. The molecule has 0 saturated heterocycles. The van der Waals surface area contributed by atoms with Crippen molar-refractivity contribution in [3.05, 3.63) is 76.9 Å². The standard InChI is InChI=1S/C19H15IO2/c1-22-19(21)18(14-20)13-17-10-6-5-9-16(17)12-11-15-7-3-2-4-8-15/h2-10,13H,14H2,1H3/b18-13+. The third-order valence-corrected chi connectivity index (χ3v) is 3.82. The highest BCUT2D eigenvalue weighted by Gasteiger charge is 2.08. The molecular formula is C19H15IO2. The smallest absolute Gasteiger partial charge is 0.334 e. The van der Waals surface area contributed by atoms with Crippen LogP contribution in [-0.4, -0.2) is 17.5 Å². The maximum Gasteiger partial charge on any atom is 0.334 e. The first-order valence-electron chi connectivity index (χ1n) is 6.75. The van der Waals surface area contributed by atoms with Crippen LogP contribution in [0.15, 0.2) is 60.2 Å². The second-order valence-corrected chi connectivity index (χ2v) is 5.26. The molecule has 0 spiro atoms. The van der Waals surface area contributed by atoms with E-state index in [1.165, 1.54) is 7.11 Å². The molecule has 0 bridgehead atoms. The molecule has 2 aromatic rings. The summed E-state index contributed by atoms with van der Waals surface area (Å²) in [6.45, 7) is 0. The van der Waals surface area contributed by atoms with Crippen LogP contribution in [-0.2, 0) is 9.53 Å². The Labute approximate surface area is 144 Å². The number of rotatable bonds is 3. The number of alkyl halides is 1. The van der Waals surface area contributed by atoms with Crippen molar-refractivity contribution >= 4 is 34.6 Å². The van der Waals surface area contributed by atoms with E-state index < -0.39 is 0 Å². The average Bonchev–Trinajstić information content (AvgIpc) is 2.59. The van der Waals surface area contributed by atoms with E-state index in [1.54, 1.807) is 0 Å². The van der Waals surface area contributed by atoms with Gasteiger partial charge in [-0.3, -0.25) is 0 Å². The molecule has 0 N–H and O–H groups in total. The second kappa shape index (κ2) is 8.40. The minimum absolute atomic E-state index is 0.305. The lowest BCUT2D eigenvalue weighted by Gasteiger charge is -2.03. The summed E-state index contributed by atoms with van der Waals surface area (Å²) < 4.78 is 5.38. The summed E-state index contributed by atoms with van der Waals surface area (Å²) in [5.74, 6) is 6.00. The molecule has 0 radical (unpaired) electrons. The summed E-state index contributed by atoms with van der Waals surface area (Å²) in [7, 11) is 1.39. The van der Waals surface area contributed by atoms with E-state index in [1.807, 2.05) is 60.7 Å². The molecule has 3 heteroatoms. The zero-order valence-electron chi connectivity index (χ0n) is 12.2. The molecule has 0 aliphatic heterocycles. The Kier molecular flexibility index (Phi) is 6.23. The topological polar surface area (TPSA) is 26.3 Å². The van der Waals surface area contributed by atoms with Gasteiger partial charge >= 0.3 is 5.97 Å². The van der Waals surface area contributed by atoms with Gasteiger partial charge in [-0.05, 0) is 29.8 Å². The van der Waals surface area contributed by atoms with Crippen LogP contribution in [0, 0.1) is 11.8 Å². The zero-order valence-corrected chi connectivity index (χ0v) is 14.3. The fraction of sp³-hybridized carbons (Fsp3) is 0.105. The second-order valence-electron chi connectivity index (χ2n) is 4.50. The zero-order chi connectivity index (χ0) is 15.8. The summed E-state index contributed by atoms with van der Waals surface area (Å²) in [6, 6.07) is 17.6. The summed E-state index contributed by atoms with van der Waals surface area (Å²) in [4.78, 5) is 11.7. The average molecular weight is 402 g/mol. The number of hydrogen-bond donors (Lipinski definition) is 0. The molecule has 0 fully saturated rings. The molecule has 0 unspecified atom stereocenters. The Morgan fingerprint density at radius 2 is 1.77 bits per heavy atom. The SMILES string of the molecule is COC(=O)/C(=C/c1ccccc1C#Cc1ccccc1)CI. The number of benzene rings is 2. The highest BCUT2D eigenvalue weighted by Crippen LogP contribution is 2.15. The lowest BCUT2D eigenvalue weighted by molar-refractivity contribution is -0.135. The predicted octanol–water partition coefficient (Wildman–Crippen LogP) is 4.08. The van der Waals surface area contributed by atoms with Crippen LogP contribution in [0.2, 0.25) is 0 Å². The molecule has 0 heterocycles. The third kappa shape index (κ3) is 4.47. The molecule has 0 aliphatic rings. The number of hydrogen-bond acceptors (Lipinski definition) is 2. The molecule has 0 atom stereocenters. The maximum absolute atomic E-state index is 11.7. The predicted molar refractivity (Wildman–Crippen MR) is 97.7 cm³/mol. The number of carbonyl (C=O) groups is 1. The Bertz CT molecular complexity index is 737. The molecule has 0 aromatic heterocycles. The first-order valence-corrected chi connectivity index (χ1v) is 8.28. The summed E-state index contributed by atoms with van der Waals surface area (Å²) >= 11 is 2.15. The minimum Gasteiger partial charge on any atom is -0.466 e. The van der Waals surface area contributed by atoms with Crippen LogP contribution in [0.25, 0.3) is 6.08 Å². The lowest BCUT2D eigenvalue weighted by atomic mass is 10.0. The Morgan fingerprint density at radius 1 is 1.09 bits per heavy atom. The largest absolute Gasteiger partial charge is 0.466 e. The van der Waals surface area contributed by atoms with Gasteiger partial charge < -0.3 is 4.74 Å². The third-order valence-electron chi connectivity index (χ3n) is 3.00. The first-order chi connectivity index (χ1) is 10.7. The molecular weight excluding hydrogens is 387 g/mol. The number of ether oxygens (including phenoxy) is 1. The monoisotopic (exact) mass is 402 g/mol. The van der Waals surface area contributed by atoms with E-state index in [2.05, 4.69) is 34.4 Å². The van der Waals surface area contributed by atoms with Crippen LogP contribution in [0.5, 0.6) is 0 Å². The molecule has 0 amide bonds. The Morgan fingerprint density at radius 3 is 2.45 bits per heavy atom. The highest BCUT2D eigenvalue weighted by atomic mass is 127. The van der Waals surface area contributed by atoms with Gasteiger partial charge in [0.05, 0.1) is 7.11 Å². The Hall–Kier alpha value is -2.06. The van der Waals surface area contributed by atoms with Crippen molar-refractivity contribution in [3.8, 4) is 11.8 Å². The molecule has 2 rings (SSSR count). The fourth-order valence-electron chi connectivity index (χ4n) is 1.87. The summed E-state index contributed by atoms with van der Waals surface area (Å²) in [5.41, 5.74) is 3.39. The number of methoxy groups -OCH3 is 1. The van der Waals surface area contributed by atoms with E-state index >= 15 is 0 Å². The highest BCUT2D eigenvalue weighted by molar-refractivity contribution is 14.1. The van der Waals surface area contributed by atoms with Crippen LogP contribution in [0.3, 0.4) is 0 Å². The molecule has 2 aromatic carbocycles. The number of halogens is 1. The van der Waals surface area contributed by atoms with Gasteiger partial charge in [-0.15, -0.1) is 0 Å². The van der Waals surface area contributed by atoms with Crippen LogP contribution in [0.4, 0.5) is 0 Å². The molecule has 2 nitrogen and oxygen atoms in total. The maximum atomic E-state index is 11.7. The van der Waals surface area contributed by atoms with E-state index in [0.29, 0.717) is 10.0 Å². The van der Waals surface area contributed by atoms with Crippen molar-refractivity contribution in [2.45, 2.75) is 0 Å². The van der Waals surface area contributed by atoms with E-state index in [9.17, 15) is 4.79 Å². The van der Waals surface area contributed by atoms with Gasteiger partial charge in [0, 0.05) is 21.1 Å². The Balaban J connectivity index is 2.37. The van der Waals surface area contributed by atoms with E-state index in [4.69, 9.17) is 4.74 Å². The quantitative estimate of drug-likeness (QED) is 0.254. The molecule has 0 saturated carbocycles. The summed E-state index contributed by atoms with van der Waals surface area (Å²) in [6.07, 6.45) is 1.84. The van der Waals surface area contributed by atoms with Gasteiger partial charge in [-0.1, -0.05) is 70.8 Å². The van der Waals surface area contributed by atoms with Crippen LogP contribution in [0.1, 0.15) is 16.7 Å². The molecule has 0 aliphatic carbocycles. The van der Waals surface area contributed by atoms with Gasteiger partial charge in [0.25, 0.3) is 0 Å². The van der Waals surface area contributed by atoms with E-state index in [-0.39, 0.29) is 5.97 Å². The van der Waals surface area contributed by atoms with Crippen LogP contribution < -0.4 is 0 Å². The van der Waals surface area contributed by atoms with Crippen molar-refractivity contribution in [3.63, 3.8) is 0 Å². The van der Waals surface area contributed by atoms with Gasteiger partial charge in [0.1, 0.15) is 0 Å². The molecule has 22 heavy (non-hydrogen) atoms. The van der Waals surface area contributed by atoms with Crippen molar-refractivity contribution in [2.75, 3.05) is 11.5 Å². The van der Waals surface area contributed by atoms with E-state index in [0.717, 1.165) is 16.7 Å². The van der Waals surface area contributed by atoms with Gasteiger partial charge in [-0.25, -0.2) is 4.79 Å². The fourth-order valence-corrected chi connectivity index (χ4v) is 2.40. The number of esters is 1. The van der Waals surface area contributed by atoms with Gasteiger partial charge in [0.2, 0.25) is 0 Å². The normalized spacial score (nSPS) is 10.5. The summed E-state index contributed by atoms with van der Waals surface area (Å²) in [5, 5.41) is 0. The van der Waals surface area contributed by atoms with Crippen LogP contribution >= 0.6 is 22.6 Å². The lowest BCUT2D eigenvalue weighted by Crippen LogP contribution is -2.05. The molecule has 110 valence electrons. The van der Waals surface area contributed by atoms with Crippen molar-refractivity contribution < 1.29 is 9.53 Å².